The predicted octanol–water partition coefficient (Wildman–Crippen LogP) is 2.65. The van der Waals surface area contributed by atoms with Crippen LogP contribution in [-0.4, -0.2) is 40.3 Å². The Morgan fingerprint density at radius 1 is 1.22 bits per heavy atom. The van der Waals surface area contributed by atoms with Crippen LogP contribution in [0.1, 0.15) is 49.7 Å². The van der Waals surface area contributed by atoms with Gasteiger partial charge in [-0.1, -0.05) is 49.1 Å². The molecule has 0 aliphatic heterocycles. The molecule has 1 aliphatic carbocycles. The summed E-state index contributed by atoms with van der Waals surface area (Å²) >= 11 is 0. The van der Waals surface area contributed by atoms with Crippen LogP contribution < -0.4 is 0 Å². The summed E-state index contributed by atoms with van der Waals surface area (Å²) in [6.45, 7) is 3.05. The topological polar surface area (TPSA) is 60.8 Å². The summed E-state index contributed by atoms with van der Waals surface area (Å²) in [4.78, 5) is 14.4. The Labute approximate surface area is 139 Å². The maximum absolute atomic E-state index is 12.7. The van der Waals surface area contributed by atoms with Crippen molar-refractivity contribution in [2.45, 2.75) is 58.1 Å². The van der Waals surface area contributed by atoms with Gasteiger partial charge in [0.25, 0.3) is 5.91 Å². The van der Waals surface area contributed by atoms with Crippen molar-refractivity contribution in [3.63, 3.8) is 0 Å². The highest BCUT2D eigenvalue weighted by Gasteiger charge is 2.30. The van der Waals surface area contributed by atoms with Gasteiger partial charge in [0, 0.05) is 19.7 Å². The number of aryl methyl sites for hydroxylation is 1. The van der Waals surface area contributed by atoms with Crippen molar-refractivity contribution in [2.24, 2.45) is 5.92 Å². The van der Waals surface area contributed by atoms with Crippen molar-refractivity contribution in [1.82, 2.24) is 4.90 Å². The zero-order valence-electron chi connectivity index (χ0n) is 14.1. The van der Waals surface area contributed by atoms with E-state index in [-0.39, 0.29) is 18.4 Å². The fourth-order valence-electron chi connectivity index (χ4n) is 3.28. The minimum Gasteiger partial charge on any atom is -0.396 e. The molecular formula is C19H29NO3. The zero-order valence-corrected chi connectivity index (χ0v) is 14.1. The van der Waals surface area contributed by atoms with Gasteiger partial charge in [0.1, 0.15) is 6.10 Å². The van der Waals surface area contributed by atoms with Crippen LogP contribution >= 0.6 is 0 Å². The number of hydrogen-bond acceptors (Lipinski definition) is 3. The Morgan fingerprint density at radius 2 is 1.87 bits per heavy atom. The van der Waals surface area contributed by atoms with E-state index in [4.69, 9.17) is 5.11 Å². The van der Waals surface area contributed by atoms with Crippen LogP contribution in [0.2, 0.25) is 0 Å². The largest absolute Gasteiger partial charge is 0.396 e. The minimum atomic E-state index is -0.903. The van der Waals surface area contributed by atoms with E-state index in [0.29, 0.717) is 19.5 Å². The summed E-state index contributed by atoms with van der Waals surface area (Å²) in [5, 5.41) is 19.6. The molecule has 2 N–H and O–H groups in total. The van der Waals surface area contributed by atoms with Gasteiger partial charge in [-0.25, -0.2) is 0 Å². The second kappa shape index (κ2) is 9.04. The van der Waals surface area contributed by atoms with Crippen LogP contribution in [0.3, 0.4) is 0 Å². The molecule has 4 heteroatoms. The van der Waals surface area contributed by atoms with Crippen molar-refractivity contribution in [2.75, 3.05) is 13.2 Å². The molecule has 0 aromatic heterocycles. The number of nitrogens with zero attached hydrogens (tertiary/aromatic N) is 1. The summed E-state index contributed by atoms with van der Waals surface area (Å²) in [5.41, 5.74) is 2.24. The fraction of sp³-hybridized carbons (Fsp3) is 0.632. The highest BCUT2D eigenvalue weighted by molar-refractivity contribution is 5.81. The quantitative estimate of drug-likeness (QED) is 0.812. The number of carbonyl (C=O) groups is 1. The fourth-order valence-corrected chi connectivity index (χ4v) is 3.28. The van der Waals surface area contributed by atoms with Gasteiger partial charge >= 0.3 is 0 Å². The standard InChI is InChI=1S/C19H29NO3/c1-15-8-10-16(11-9-15)14-20(12-5-13-21)19(23)18(22)17-6-3-2-4-7-17/h8-11,17-18,21-22H,2-7,12-14H2,1H3/t18-/m1/s1. The average Bonchev–Trinajstić information content (AvgIpc) is 2.59. The molecule has 1 aromatic rings. The SMILES string of the molecule is Cc1ccc(CN(CCCO)C(=O)[C@H](O)C2CCCCC2)cc1. The molecule has 0 radical (unpaired) electrons. The van der Waals surface area contributed by atoms with Crippen molar-refractivity contribution in [3.8, 4) is 0 Å². The summed E-state index contributed by atoms with van der Waals surface area (Å²) in [6.07, 6.45) is 4.91. The first-order valence-electron chi connectivity index (χ1n) is 8.75. The molecule has 23 heavy (non-hydrogen) atoms. The highest BCUT2D eigenvalue weighted by Crippen LogP contribution is 2.27. The van der Waals surface area contributed by atoms with Crippen LogP contribution in [0.15, 0.2) is 24.3 Å². The van der Waals surface area contributed by atoms with E-state index < -0.39 is 6.10 Å². The van der Waals surface area contributed by atoms with Crippen LogP contribution in [0.5, 0.6) is 0 Å². The first-order chi connectivity index (χ1) is 11.1. The molecule has 1 aromatic carbocycles. The lowest BCUT2D eigenvalue weighted by Crippen LogP contribution is -2.43. The number of aliphatic hydroxyl groups is 2. The Hall–Kier alpha value is -1.39. The van der Waals surface area contributed by atoms with Crippen LogP contribution in [-0.2, 0) is 11.3 Å². The van der Waals surface area contributed by atoms with Crippen molar-refractivity contribution < 1.29 is 15.0 Å². The Bertz CT molecular complexity index is 480. The lowest BCUT2D eigenvalue weighted by Gasteiger charge is -2.31. The van der Waals surface area contributed by atoms with Gasteiger partial charge in [-0.05, 0) is 37.7 Å². The van der Waals surface area contributed by atoms with Gasteiger partial charge in [0.15, 0.2) is 0 Å². The van der Waals surface area contributed by atoms with E-state index in [1.165, 1.54) is 12.0 Å². The van der Waals surface area contributed by atoms with Crippen LogP contribution in [0.4, 0.5) is 0 Å². The van der Waals surface area contributed by atoms with E-state index in [0.717, 1.165) is 31.2 Å². The smallest absolute Gasteiger partial charge is 0.251 e. The molecule has 1 atom stereocenters. The first kappa shape index (κ1) is 18.0. The highest BCUT2D eigenvalue weighted by atomic mass is 16.3. The summed E-state index contributed by atoms with van der Waals surface area (Å²) < 4.78 is 0. The minimum absolute atomic E-state index is 0.0528. The number of hydrogen-bond donors (Lipinski definition) is 2. The molecule has 0 unspecified atom stereocenters. The van der Waals surface area contributed by atoms with E-state index in [9.17, 15) is 9.90 Å². The summed E-state index contributed by atoms with van der Waals surface area (Å²) in [5.74, 6) is -0.100. The molecule has 0 spiro atoms. The molecule has 128 valence electrons. The zero-order chi connectivity index (χ0) is 16.7. The maximum atomic E-state index is 12.7. The number of carbonyl (C=O) groups excluding carboxylic acids is 1. The molecular weight excluding hydrogens is 290 g/mol. The molecule has 0 bridgehead atoms. The maximum Gasteiger partial charge on any atom is 0.251 e. The predicted molar refractivity (Wildman–Crippen MR) is 90.9 cm³/mol. The molecule has 0 heterocycles. The van der Waals surface area contributed by atoms with Gasteiger partial charge in [0.2, 0.25) is 0 Å². The Morgan fingerprint density at radius 3 is 2.48 bits per heavy atom. The second-order valence-electron chi connectivity index (χ2n) is 6.67. The first-order valence-corrected chi connectivity index (χ1v) is 8.75. The lowest BCUT2D eigenvalue weighted by atomic mass is 9.84. The van der Waals surface area contributed by atoms with Crippen molar-refractivity contribution >= 4 is 5.91 Å². The molecule has 1 fully saturated rings. The van der Waals surface area contributed by atoms with Gasteiger partial charge in [-0.15, -0.1) is 0 Å². The van der Waals surface area contributed by atoms with Gasteiger partial charge in [-0.3, -0.25) is 4.79 Å². The van der Waals surface area contributed by atoms with Gasteiger partial charge in [0.05, 0.1) is 0 Å². The van der Waals surface area contributed by atoms with E-state index in [2.05, 4.69) is 0 Å². The summed E-state index contributed by atoms with van der Waals surface area (Å²) in [7, 11) is 0. The molecule has 1 saturated carbocycles. The molecule has 1 aliphatic rings. The average molecular weight is 319 g/mol. The Balaban J connectivity index is 2.03. The van der Waals surface area contributed by atoms with Gasteiger partial charge < -0.3 is 15.1 Å². The van der Waals surface area contributed by atoms with Gasteiger partial charge in [-0.2, -0.15) is 0 Å². The van der Waals surface area contributed by atoms with Crippen LogP contribution in [0, 0.1) is 12.8 Å². The second-order valence-corrected chi connectivity index (χ2v) is 6.67. The van der Waals surface area contributed by atoms with E-state index >= 15 is 0 Å². The van der Waals surface area contributed by atoms with Crippen molar-refractivity contribution in [1.29, 1.82) is 0 Å². The van der Waals surface area contributed by atoms with E-state index in [1.807, 2.05) is 31.2 Å². The third-order valence-electron chi connectivity index (χ3n) is 4.74. The lowest BCUT2D eigenvalue weighted by molar-refractivity contribution is -0.144. The molecule has 0 saturated heterocycles. The van der Waals surface area contributed by atoms with Crippen LogP contribution in [0.25, 0.3) is 0 Å². The number of amides is 1. The third-order valence-corrected chi connectivity index (χ3v) is 4.74. The number of aliphatic hydroxyl groups excluding tert-OH is 2. The molecule has 1 amide bonds. The third kappa shape index (κ3) is 5.33. The number of rotatable bonds is 7. The summed E-state index contributed by atoms with van der Waals surface area (Å²) in [6, 6.07) is 8.09. The molecule has 4 nitrogen and oxygen atoms in total. The molecule has 2 rings (SSSR count). The number of benzene rings is 1. The van der Waals surface area contributed by atoms with Crippen molar-refractivity contribution in [3.05, 3.63) is 35.4 Å². The monoisotopic (exact) mass is 319 g/mol. The van der Waals surface area contributed by atoms with E-state index in [1.54, 1.807) is 4.90 Å². The normalized spacial score (nSPS) is 17.0. The Kier molecular flexibility index (Phi) is 7.06.